The largest absolute Gasteiger partial charge is 0.334 e. The molecular formula is C18H15ClN4O2. The van der Waals surface area contributed by atoms with Crippen LogP contribution in [0.2, 0.25) is 5.02 Å². The molecule has 1 aliphatic heterocycles. The molecular weight excluding hydrogens is 340 g/mol. The molecule has 1 atom stereocenters. The van der Waals surface area contributed by atoms with Crippen molar-refractivity contribution in [3.8, 4) is 11.5 Å². The Morgan fingerprint density at radius 2 is 2.04 bits per heavy atom. The number of rotatable bonds is 3. The summed E-state index contributed by atoms with van der Waals surface area (Å²) in [5.41, 5.74) is 2.59. The van der Waals surface area contributed by atoms with Crippen LogP contribution < -0.4 is 4.90 Å². The molecule has 3 heterocycles. The lowest BCUT2D eigenvalue weighted by molar-refractivity contribution is -0.117. The molecule has 0 radical (unpaired) electrons. The van der Waals surface area contributed by atoms with Gasteiger partial charge in [-0.05, 0) is 42.8 Å². The predicted molar refractivity (Wildman–Crippen MR) is 93.4 cm³/mol. The van der Waals surface area contributed by atoms with Gasteiger partial charge in [-0.15, -0.1) is 0 Å². The van der Waals surface area contributed by atoms with Crippen molar-refractivity contribution in [2.24, 2.45) is 0 Å². The molecule has 1 aromatic carbocycles. The second-order valence-electron chi connectivity index (χ2n) is 6.03. The third-order valence-electron chi connectivity index (χ3n) is 4.31. The van der Waals surface area contributed by atoms with E-state index in [1.165, 1.54) is 0 Å². The first-order valence-corrected chi connectivity index (χ1v) is 8.30. The van der Waals surface area contributed by atoms with Crippen molar-refractivity contribution in [2.75, 3.05) is 11.4 Å². The number of amides is 1. The Bertz CT molecular complexity index is 926. The van der Waals surface area contributed by atoms with Crippen LogP contribution in [-0.4, -0.2) is 27.6 Å². The summed E-state index contributed by atoms with van der Waals surface area (Å²) >= 11 is 6.07. The molecule has 126 valence electrons. The highest BCUT2D eigenvalue weighted by Crippen LogP contribution is 2.32. The van der Waals surface area contributed by atoms with E-state index in [9.17, 15) is 4.79 Å². The van der Waals surface area contributed by atoms with Crippen molar-refractivity contribution in [3.05, 3.63) is 59.1 Å². The number of carbonyl (C=O) groups is 1. The second kappa shape index (κ2) is 6.29. The Hall–Kier alpha value is -2.73. The molecule has 25 heavy (non-hydrogen) atoms. The van der Waals surface area contributed by atoms with E-state index in [2.05, 4.69) is 15.1 Å². The maximum absolute atomic E-state index is 12.4. The molecule has 1 aliphatic rings. The van der Waals surface area contributed by atoms with E-state index < -0.39 is 0 Å². The summed E-state index contributed by atoms with van der Waals surface area (Å²) in [7, 11) is 0. The zero-order valence-corrected chi connectivity index (χ0v) is 14.3. The molecule has 0 saturated carbocycles. The number of benzene rings is 1. The van der Waals surface area contributed by atoms with E-state index in [-0.39, 0.29) is 11.8 Å². The average molecular weight is 355 g/mol. The van der Waals surface area contributed by atoms with Crippen molar-refractivity contribution in [3.63, 3.8) is 0 Å². The van der Waals surface area contributed by atoms with E-state index in [1.807, 2.05) is 25.1 Å². The topological polar surface area (TPSA) is 72.1 Å². The highest BCUT2D eigenvalue weighted by molar-refractivity contribution is 6.31. The van der Waals surface area contributed by atoms with Crippen molar-refractivity contribution in [1.29, 1.82) is 0 Å². The van der Waals surface area contributed by atoms with E-state index in [1.54, 1.807) is 29.4 Å². The van der Waals surface area contributed by atoms with Gasteiger partial charge in [0.25, 0.3) is 5.89 Å². The normalized spacial score (nSPS) is 17.3. The van der Waals surface area contributed by atoms with Gasteiger partial charge in [0.2, 0.25) is 5.91 Å². The number of halogens is 1. The first-order chi connectivity index (χ1) is 12.1. The minimum Gasteiger partial charge on any atom is -0.334 e. The number of carbonyl (C=O) groups excluding carboxylic acids is 1. The molecule has 6 nitrogen and oxygen atoms in total. The van der Waals surface area contributed by atoms with Gasteiger partial charge in [-0.3, -0.25) is 9.78 Å². The lowest BCUT2D eigenvalue weighted by Gasteiger charge is -2.17. The van der Waals surface area contributed by atoms with Gasteiger partial charge in [0.05, 0.1) is 0 Å². The number of aromatic nitrogens is 3. The minimum atomic E-state index is -0.0946. The van der Waals surface area contributed by atoms with Gasteiger partial charge in [0, 0.05) is 47.6 Å². The summed E-state index contributed by atoms with van der Waals surface area (Å²) in [6.45, 7) is 2.44. The Morgan fingerprint density at radius 3 is 2.80 bits per heavy atom. The molecule has 1 fully saturated rings. The number of hydrogen-bond acceptors (Lipinski definition) is 5. The average Bonchev–Trinajstić information content (AvgIpc) is 3.25. The van der Waals surface area contributed by atoms with Crippen molar-refractivity contribution in [2.45, 2.75) is 19.3 Å². The number of hydrogen-bond donors (Lipinski definition) is 0. The van der Waals surface area contributed by atoms with E-state index >= 15 is 0 Å². The van der Waals surface area contributed by atoms with Crippen LogP contribution in [0.25, 0.3) is 11.5 Å². The Morgan fingerprint density at radius 1 is 1.24 bits per heavy atom. The number of aryl methyl sites for hydroxylation is 1. The van der Waals surface area contributed by atoms with Crippen molar-refractivity contribution >= 4 is 23.2 Å². The molecule has 1 unspecified atom stereocenters. The molecule has 2 aromatic heterocycles. The molecule has 0 bridgehead atoms. The van der Waals surface area contributed by atoms with Gasteiger partial charge >= 0.3 is 0 Å². The first kappa shape index (κ1) is 15.8. The van der Waals surface area contributed by atoms with Crippen molar-refractivity contribution < 1.29 is 9.32 Å². The van der Waals surface area contributed by atoms with Crippen LogP contribution >= 0.6 is 11.6 Å². The Kier molecular flexibility index (Phi) is 3.97. The summed E-state index contributed by atoms with van der Waals surface area (Å²) in [5.74, 6) is 0.934. The minimum absolute atomic E-state index is 0.0435. The molecule has 1 amide bonds. The molecule has 1 saturated heterocycles. The first-order valence-electron chi connectivity index (χ1n) is 7.92. The van der Waals surface area contributed by atoms with Crippen LogP contribution in [0.15, 0.2) is 47.2 Å². The fraction of sp³-hybridized carbons (Fsp3) is 0.222. The van der Waals surface area contributed by atoms with E-state index in [0.717, 1.165) is 16.8 Å². The van der Waals surface area contributed by atoms with Crippen LogP contribution in [0, 0.1) is 6.92 Å². The standard InChI is InChI=1S/C18H15ClN4O2/c1-11-8-14(2-3-15(11)19)23-10-13(9-16(23)24)17-21-18(25-22-17)12-4-6-20-7-5-12/h2-8,13H,9-10H2,1H3. The lowest BCUT2D eigenvalue weighted by Crippen LogP contribution is -2.24. The number of nitrogens with zero attached hydrogens (tertiary/aromatic N) is 4. The van der Waals surface area contributed by atoms with Gasteiger partial charge in [0.15, 0.2) is 5.82 Å². The third kappa shape index (κ3) is 3.00. The third-order valence-corrected chi connectivity index (χ3v) is 4.74. The number of anilines is 1. The zero-order chi connectivity index (χ0) is 17.4. The molecule has 0 spiro atoms. The van der Waals surface area contributed by atoms with E-state index in [0.29, 0.717) is 29.7 Å². The number of pyridine rings is 1. The highest BCUT2D eigenvalue weighted by atomic mass is 35.5. The molecule has 0 aliphatic carbocycles. The summed E-state index contributed by atoms with van der Waals surface area (Å²) in [4.78, 5) is 22.6. The van der Waals surface area contributed by atoms with Crippen LogP contribution in [0.4, 0.5) is 5.69 Å². The van der Waals surface area contributed by atoms with Crippen molar-refractivity contribution in [1.82, 2.24) is 15.1 Å². The Labute approximate surface area is 149 Å². The molecule has 3 aromatic rings. The Balaban J connectivity index is 1.56. The van der Waals surface area contributed by atoms with Gasteiger partial charge in [0.1, 0.15) is 0 Å². The second-order valence-corrected chi connectivity index (χ2v) is 6.44. The molecule has 4 rings (SSSR count). The quantitative estimate of drug-likeness (QED) is 0.718. The highest BCUT2D eigenvalue weighted by Gasteiger charge is 2.34. The maximum Gasteiger partial charge on any atom is 0.258 e. The monoisotopic (exact) mass is 354 g/mol. The summed E-state index contributed by atoms with van der Waals surface area (Å²) in [6, 6.07) is 9.19. The lowest BCUT2D eigenvalue weighted by atomic mass is 10.1. The smallest absolute Gasteiger partial charge is 0.258 e. The van der Waals surface area contributed by atoms with Gasteiger partial charge < -0.3 is 9.42 Å². The van der Waals surface area contributed by atoms with Gasteiger partial charge in [-0.1, -0.05) is 16.8 Å². The van der Waals surface area contributed by atoms with Crippen LogP contribution in [-0.2, 0) is 4.79 Å². The van der Waals surface area contributed by atoms with Crippen LogP contribution in [0.3, 0.4) is 0 Å². The fourth-order valence-corrected chi connectivity index (χ4v) is 3.06. The zero-order valence-electron chi connectivity index (χ0n) is 13.5. The summed E-state index contributed by atoms with van der Waals surface area (Å²) in [5, 5.41) is 4.75. The van der Waals surface area contributed by atoms with Crippen LogP contribution in [0.1, 0.15) is 23.7 Å². The van der Waals surface area contributed by atoms with Gasteiger partial charge in [-0.2, -0.15) is 4.98 Å². The van der Waals surface area contributed by atoms with E-state index in [4.69, 9.17) is 16.1 Å². The predicted octanol–water partition coefficient (Wildman–Crippen LogP) is 3.61. The summed E-state index contributed by atoms with van der Waals surface area (Å²) < 4.78 is 5.34. The molecule has 0 N–H and O–H groups in total. The molecule has 7 heteroatoms. The fourth-order valence-electron chi connectivity index (χ4n) is 2.94. The van der Waals surface area contributed by atoms with Crippen LogP contribution in [0.5, 0.6) is 0 Å². The summed E-state index contributed by atoms with van der Waals surface area (Å²) in [6.07, 6.45) is 3.70. The maximum atomic E-state index is 12.4. The SMILES string of the molecule is Cc1cc(N2CC(c3noc(-c4ccncc4)n3)CC2=O)ccc1Cl. The van der Waals surface area contributed by atoms with Gasteiger partial charge in [-0.25, -0.2) is 0 Å².